The number of aromatic nitrogens is 4. The van der Waals surface area contributed by atoms with Gasteiger partial charge in [-0.2, -0.15) is 5.10 Å². The molecular weight excluding hydrogens is 530 g/mol. The van der Waals surface area contributed by atoms with Gasteiger partial charge in [0.25, 0.3) is 5.56 Å². The van der Waals surface area contributed by atoms with E-state index in [1.807, 2.05) is 60.7 Å². The van der Waals surface area contributed by atoms with Crippen molar-refractivity contribution in [3.05, 3.63) is 135 Å². The molecule has 16 nitrogen and oxygen atoms in total. The highest BCUT2D eigenvalue weighted by molar-refractivity contribution is 5.54. The van der Waals surface area contributed by atoms with Crippen LogP contribution in [0.15, 0.2) is 87.4 Å². The van der Waals surface area contributed by atoms with Gasteiger partial charge in [-0.05, 0) is 11.1 Å². The Bertz CT molecular complexity index is 1630. The van der Waals surface area contributed by atoms with Crippen LogP contribution in [0.2, 0.25) is 0 Å². The van der Waals surface area contributed by atoms with Crippen molar-refractivity contribution in [3.8, 4) is 0 Å². The Morgan fingerprint density at radius 1 is 0.800 bits per heavy atom. The molecule has 2 heterocycles. The number of H-pyrrole nitrogens is 1. The van der Waals surface area contributed by atoms with E-state index in [4.69, 9.17) is 15.2 Å². The molecule has 0 unspecified atom stereocenters. The van der Waals surface area contributed by atoms with Crippen molar-refractivity contribution >= 4 is 17.1 Å². The van der Waals surface area contributed by atoms with Gasteiger partial charge in [0.2, 0.25) is 0 Å². The van der Waals surface area contributed by atoms with E-state index < -0.39 is 43.5 Å². The SMILES string of the molecule is Nc1c([N+](=O)[O-])cnn(COCc2ccccc2)c1=O.O=c1c([N+](=O)[O-])c[nH]n(COCc2ccccc2)c1=O. The number of nitrogens with two attached hydrogens (primary N) is 1. The molecule has 4 aromatic rings. The van der Waals surface area contributed by atoms with Gasteiger partial charge in [-0.3, -0.25) is 39.7 Å². The molecule has 0 amide bonds. The molecule has 0 spiro atoms. The molecule has 0 saturated carbocycles. The summed E-state index contributed by atoms with van der Waals surface area (Å²) in [6.45, 7) is 0.231. The summed E-state index contributed by atoms with van der Waals surface area (Å²) in [5, 5.41) is 27.1. The van der Waals surface area contributed by atoms with E-state index >= 15 is 0 Å². The molecule has 2 aromatic heterocycles. The molecule has 2 aromatic carbocycles. The number of ether oxygens (including phenoxy) is 2. The van der Waals surface area contributed by atoms with Gasteiger partial charge < -0.3 is 15.2 Å². The lowest BCUT2D eigenvalue weighted by Gasteiger charge is -2.06. The number of nitrogen functional groups attached to an aromatic ring is 1. The highest BCUT2D eigenvalue weighted by atomic mass is 16.6. The second-order valence-electron chi connectivity index (χ2n) is 7.91. The van der Waals surface area contributed by atoms with E-state index in [9.17, 15) is 34.6 Å². The lowest BCUT2D eigenvalue weighted by molar-refractivity contribution is -0.386. The smallest absolute Gasteiger partial charge is 0.339 e. The standard InChI is InChI=1S/C12H12N4O4.C12H11N3O5/c13-11-10(16(18)19)6-14-15(12(11)17)8-20-7-9-4-2-1-3-5-9;16-11-10(15(18)19)6-13-14(12(11)17)8-20-7-9-4-2-1-3-5-9/h1-6H,7-8,13H2;1-6,13H,7-8H2. The van der Waals surface area contributed by atoms with Crippen molar-refractivity contribution < 1.29 is 19.3 Å². The van der Waals surface area contributed by atoms with Crippen LogP contribution in [0.5, 0.6) is 0 Å². The fourth-order valence-corrected chi connectivity index (χ4v) is 3.11. The first-order chi connectivity index (χ1) is 19.2. The molecule has 0 aliphatic carbocycles. The minimum Gasteiger partial charge on any atom is -0.389 e. The van der Waals surface area contributed by atoms with Gasteiger partial charge in [-0.25, -0.2) is 9.36 Å². The zero-order valence-electron chi connectivity index (χ0n) is 20.7. The summed E-state index contributed by atoms with van der Waals surface area (Å²) >= 11 is 0. The van der Waals surface area contributed by atoms with Crippen molar-refractivity contribution in [2.75, 3.05) is 5.73 Å². The molecule has 0 aliphatic rings. The maximum Gasteiger partial charge on any atom is 0.339 e. The molecular formula is C24H23N7O9. The largest absolute Gasteiger partial charge is 0.389 e. The van der Waals surface area contributed by atoms with Crippen molar-refractivity contribution in [3.63, 3.8) is 0 Å². The van der Waals surface area contributed by atoms with Gasteiger partial charge in [0.05, 0.1) is 23.1 Å². The average molecular weight is 553 g/mol. The number of rotatable bonds is 10. The van der Waals surface area contributed by atoms with Gasteiger partial charge in [-0.15, -0.1) is 0 Å². The first-order valence-corrected chi connectivity index (χ1v) is 11.4. The molecule has 0 bridgehead atoms. The van der Waals surface area contributed by atoms with Gasteiger partial charge >= 0.3 is 22.4 Å². The Labute approximate surface area is 224 Å². The Hall–Kier alpha value is -5.48. The normalized spacial score (nSPS) is 10.4. The van der Waals surface area contributed by atoms with Gasteiger partial charge in [0.15, 0.2) is 5.69 Å². The maximum absolute atomic E-state index is 11.7. The fourth-order valence-electron chi connectivity index (χ4n) is 3.11. The Morgan fingerprint density at radius 3 is 1.85 bits per heavy atom. The topological polar surface area (TPSA) is 221 Å². The van der Waals surface area contributed by atoms with Crippen molar-refractivity contribution in [2.24, 2.45) is 0 Å². The molecule has 16 heteroatoms. The molecule has 208 valence electrons. The van der Waals surface area contributed by atoms with Crippen LogP contribution in [0.4, 0.5) is 17.1 Å². The van der Waals surface area contributed by atoms with Gasteiger partial charge in [0, 0.05) is 0 Å². The molecule has 0 fully saturated rings. The van der Waals surface area contributed by atoms with E-state index in [-0.39, 0.29) is 20.1 Å². The second kappa shape index (κ2) is 13.9. The zero-order chi connectivity index (χ0) is 29.1. The second-order valence-corrected chi connectivity index (χ2v) is 7.91. The van der Waals surface area contributed by atoms with Crippen LogP contribution in [0.3, 0.4) is 0 Å². The Balaban J connectivity index is 0.000000220. The number of anilines is 1. The summed E-state index contributed by atoms with van der Waals surface area (Å²) < 4.78 is 12.4. The summed E-state index contributed by atoms with van der Waals surface area (Å²) in [4.78, 5) is 54.1. The minimum atomic E-state index is -1.17. The van der Waals surface area contributed by atoms with Crippen LogP contribution < -0.4 is 22.3 Å². The number of nitro groups is 2. The van der Waals surface area contributed by atoms with Gasteiger partial charge in [0.1, 0.15) is 25.9 Å². The lowest BCUT2D eigenvalue weighted by atomic mass is 10.2. The molecule has 0 saturated heterocycles. The van der Waals surface area contributed by atoms with Crippen LogP contribution in [0.25, 0.3) is 0 Å². The summed E-state index contributed by atoms with van der Waals surface area (Å²) in [7, 11) is 0. The molecule has 0 atom stereocenters. The molecule has 0 aliphatic heterocycles. The number of hydrogen-bond acceptors (Lipinski definition) is 11. The number of nitrogens with zero attached hydrogens (tertiary/aromatic N) is 5. The Kier molecular flexibility index (Phi) is 10.1. The predicted octanol–water partition coefficient (Wildman–Crippen LogP) is 1.53. The number of aromatic amines is 1. The van der Waals surface area contributed by atoms with Crippen LogP contribution in [0.1, 0.15) is 11.1 Å². The van der Waals surface area contributed by atoms with E-state index in [1.54, 1.807) is 0 Å². The lowest BCUT2D eigenvalue weighted by Crippen LogP contribution is -2.37. The first-order valence-electron chi connectivity index (χ1n) is 11.4. The average Bonchev–Trinajstić information content (AvgIpc) is 2.94. The third-order valence-corrected chi connectivity index (χ3v) is 5.14. The highest BCUT2D eigenvalue weighted by Gasteiger charge is 2.17. The number of hydrogen-bond donors (Lipinski definition) is 2. The van der Waals surface area contributed by atoms with E-state index in [2.05, 4.69) is 10.2 Å². The van der Waals surface area contributed by atoms with Crippen LogP contribution >= 0.6 is 0 Å². The minimum absolute atomic E-state index is 0.129. The number of nitrogens with one attached hydrogen (secondary N) is 1. The zero-order valence-corrected chi connectivity index (χ0v) is 20.7. The Morgan fingerprint density at radius 2 is 1.32 bits per heavy atom. The van der Waals surface area contributed by atoms with Crippen LogP contribution in [0, 0.1) is 20.2 Å². The third kappa shape index (κ3) is 7.76. The summed E-state index contributed by atoms with van der Waals surface area (Å²) in [5.74, 6) is 0. The monoisotopic (exact) mass is 553 g/mol. The summed E-state index contributed by atoms with van der Waals surface area (Å²) in [6, 6.07) is 18.6. The maximum atomic E-state index is 11.7. The van der Waals surface area contributed by atoms with E-state index in [0.29, 0.717) is 6.61 Å². The number of benzene rings is 2. The van der Waals surface area contributed by atoms with Crippen molar-refractivity contribution in [1.29, 1.82) is 0 Å². The van der Waals surface area contributed by atoms with Crippen molar-refractivity contribution in [1.82, 2.24) is 19.6 Å². The summed E-state index contributed by atoms with van der Waals surface area (Å²) in [6.07, 6.45) is 1.80. The third-order valence-electron chi connectivity index (χ3n) is 5.14. The molecule has 0 radical (unpaired) electrons. The van der Waals surface area contributed by atoms with E-state index in [1.165, 1.54) is 0 Å². The van der Waals surface area contributed by atoms with Crippen LogP contribution in [-0.2, 0) is 36.1 Å². The predicted molar refractivity (Wildman–Crippen MR) is 140 cm³/mol. The molecule has 4 rings (SSSR count). The first kappa shape index (κ1) is 29.1. The summed E-state index contributed by atoms with van der Waals surface area (Å²) in [5.41, 5.74) is 2.57. The highest BCUT2D eigenvalue weighted by Crippen LogP contribution is 2.13. The molecule has 3 N–H and O–H groups in total. The van der Waals surface area contributed by atoms with E-state index in [0.717, 1.165) is 32.9 Å². The van der Waals surface area contributed by atoms with Crippen LogP contribution in [-0.4, -0.2) is 29.4 Å². The fraction of sp³-hybridized carbons (Fsp3) is 0.167. The molecule has 40 heavy (non-hydrogen) atoms. The quantitative estimate of drug-likeness (QED) is 0.163. The van der Waals surface area contributed by atoms with Gasteiger partial charge in [-0.1, -0.05) is 60.7 Å². The van der Waals surface area contributed by atoms with Crippen molar-refractivity contribution in [2.45, 2.75) is 26.7 Å².